The minimum Gasteiger partial charge on any atom is -0.394 e. The minimum atomic E-state index is -0.330. The molecule has 21 heavy (non-hydrogen) atoms. The van der Waals surface area contributed by atoms with Crippen molar-refractivity contribution in [3.8, 4) is 11.3 Å². The topological polar surface area (TPSA) is 75.8 Å². The molecule has 3 rings (SSSR count). The molecular formula is C15H16N2O4. The van der Waals surface area contributed by atoms with Crippen LogP contribution in [0.25, 0.3) is 11.3 Å². The standard InChI is InChI=1S/C15H16N2O4/c18-10-12-9-17(6-7-20-12)15(19)13-8-14(21-16-13)11-4-2-1-3-5-11/h1-5,8,12,18H,6-7,9-10H2. The van der Waals surface area contributed by atoms with E-state index in [1.165, 1.54) is 0 Å². The highest BCUT2D eigenvalue weighted by molar-refractivity contribution is 5.93. The Balaban J connectivity index is 1.75. The molecule has 1 atom stereocenters. The molecule has 2 aromatic rings. The second-order valence-corrected chi connectivity index (χ2v) is 4.87. The first-order valence-electron chi connectivity index (χ1n) is 6.82. The van der Waals surface area contributed by atoms with Crippen molar-refractivity contribution in [3.05, 3.63) is 42.1 Å². The van der Waals surface area contributed by atoms with E-state index in [0.717, 1.165) is 5.56 Å². The maximum Gasteiger partial charge on any atom is 0.276 e. The summed E-state index contributed by atoms with van der Waals surface area (Å²) in [5, 5.41) is 13.0. The van der Waals surface area contributed by atoms with Crippen molar-refractivity contribution in [1.29, 1.82) is 0 Å². The Morgan fingerprint density at radius 3 is 2.95 bits per heavy atom. The number of hydrogen-bond donors (Lipinski definition) is 1. The van der Waals surface area contributed by atoms with Crippen molar-refractivity contribution >= 4 is 5.91 Å². The Kier molecular flexibility index (Phi) is 3.98. The van der Waals surface area contributed by atoms with Gasteiger partial charge in [-0.15, -0.1) is 0 Å². The fraction of sp³-hybridized carbons (Fsp3) is 0.333. The Hall–Kier alpha value is -2.18. The van der Waals surface area contributed by atoms with Crippen LogP contribution in [0.15, 0.2) is 40.9 Å². The van der Waals surface area contributed by atoms with Crippen molar-refractivity contribution in [3.63, 3.8) is 0 Å². The summed E-state index contributed by atoms with van der Waals surface area (Å²) in [5.74, 6) is 0.355. The first-order chi connectivity index (χ1) is 10.3. The van der Waals surface area contributed by atoms with Gasteiger partial charge >= 0.3 is 0 Å². The summed E-state index contributed by atoms with van der Waals surface area (Å²) in [5.41, 5.74) is 1.15. The number of carbonyl (C=O) groups excluding carboxylic acids is 1. The summed E-state index contributed by atoms with van der Waals surface area (Å²) < 4.78 is 10.6. The molecule has 0 bridgehead atoms. The molecular weight excluding hydrogens is 272 g/mol. The van der Waals surface area contributed by atoms with Crippen molar-refractivity contribution in [2.75, 3.05) is 26.3 Å². The molecule has 1 N–H and O–H groups in total. The lowest BCUT2D eigenvalue weighted by Crippen LogP contribution is -2.47. The summed E-state index contributed by atoms with van der Waals surface area (Å²) in [4.78, 5) is 14.0. The van der Waals surface area contributed by atoms with Gasteiger partial charge < -0.3 is 19.3 Å². The number of amides is 1. The predicted molar refractivity (Wildman–Crippen MR) is 74.7 cm³/mol. The van der Waals surface area contributed by atoms with Crippen LogP contribution in [0.2, 0.25) is 0 Å². The number of carbonyl (C=O) groups is 1. The van der Waals surface area contributed by atoms with E-state index in [2.05, 4.69) is 5.16 Å². The third kappa shape index (κ3) is 2.96. The third-order valence-electron chi connectivity index (χ3n) is 3.42. The van der Waals surface area contributed by atoms with Crippen molar-refractivity contribution in [1.82, 2.24) is 10.1 Å². The highest BCUT2D eigenvalue weighted by Gasteiger charge is 2.26. The predicted octanol–water partition coefficient (Wildman–Crippen LogP) is 1.17. The normalized spacial score (nSPS) is 18.7. The van der Waals surface area contributed by atoms with Gasteiger partial charge in [-0.25, -0.2) is 0 Å². The summed E-state index contributed by atoms with van der Waals surface area (Å²) in [7, 11) is 0. The molecule has 1 fully saturated rings. The van der Waals surface area contributed by atoms with E-state index in [0.29, 0.717) is 25.5 Å². The molecule has 1 aliphatic heterocycles. The van der Waals surface area contributed by atoms with Gasteiger partial charge in [-0.05, 0) is 0 Å². The van der Waals surface area contributed by atoms with E-state index >= 15 is 0 Å². The number of aromatic nitrogens is 1. The maximum absolute atomic E-state index is 12.4. The fourth-order valence-electron chi connectivity index (χ4n) is 2.29. The van der Waals surface area contributed by atoms with Gasteiger partial charge in [-0.1, -0.05) is 35.5 Å². The van der Waals surface area contributed by atoms with Crippen molar-refractivity contribution in [2.24, 2.45) is 0 Å². The van der Waals surface area contributed by atoms with E-state index in [-0.39, 0.29) is 24.3 Å². The lowest BCUT2D eigenvalue weighted by atomic mass is 10.1. The van der Waals surface area contributed by atoms with Crippen molar-refractivity contribution in [2.45, 2.75) is 6.10 Å². The second-order valence-electron chi connectivity index (χ2n) is 4.87. The number of morpholine rings is 1. The second kappa shape index (κ2) is 6.07. The van der Waals surface area contributed by atoms with Crippen LogP contribution in [0.3, 0.4) is 0 Å². The van der Waals surface area contributed by atoms with Crippen LogP contribution in [0.5, 0.6) is 0 Å². The summed E-state index contributed by atoms with van der Waals surface area (Å²) in [6.45, 7) is 1.17. The molecule has 1 amide bonds. The van der Waals surface area contributed by atoms with Gasteiger partial charge in [0.15, 0.2) is 11.5 Å². The quantitative estimate of drug-likeness (QED) is 0.917. The minimum absolute atomic E-state index is 0.0993. The van der Waals surface area contributed by atoms with Gasteiger partial charge in [0.05, 0.1) is 19.3 Å². The van der Waals surface area contributed by atoms with Gasteiger partial charge in [0.2, 0.25) is 0 Å². The largest absolute Gasteiger partial charge is 0.394 e. The highest BCUT2D eigenvalue weighted by atomic mass is 16.5. The molecule has 0 aliphatic carbocycles. The van der Waals surface area contributed by atoms with E-state index in [1.807, 2.05) is 30.3 Å². The molecule has 1 aliphatic rings. The number of hydrogen-bond acceptors (Lipinski definition) is 5. The average Bonchev–Trinajstić information content (AvgIpc) is 3.05. The highest BCUT2D eigenvalue weighted by Crippen LogP contribution is 2.20. The maximum atomic E-state index is 12.4. The van der Waals surface area contributed by atoms with Gasteiger partial charge in [0, 0.05) is 24.7 Å². The number of rotatable bonds is 3. The van der Waals surface area contributed by atoms with Crippen LogP contribution in [0.1, 0.15) is 10.5 Å². The lowest BCUT2D eigenvalue weighted by molar-refractivity contribution is -0.0449. The van der Waals surface area contributed by atoms with E-state index < -0.39 is 0 Å². The Bertz CT molecular complexity index is 611. The van der Waals surface area contributed by atoms with Crippen LogP contribution in [0, 0.1) is 0 Å². The zero-order valence-electron chi connectivity index (χ0n) is 11.4. The first-order valence-corrected chi connectivity index (χ1v) is 6.82. The van der Waals surface area contributed by atoms with Crippen LogP contribution in [0.4, 0.5) is 0 Å². The summed E-state index contributed by atoms with van der Waals surface area (Å²) in [6.07, 6.45) is -0.330. The monoisotopic (exact) mass is 288 g/mol. The molecule has 110 valence electrons. The molecule has 0 spiro atoms. The van der Waals surface area contributed by atoms with E-state index in [4.69, 9.17) is 14.4 Å². The summed E-state index contributed by atoms with van der Waals surface area (Å²) >= 11 is 0. The molecule has 6 heteroatoms. The average molecular weight is 288 g/mol. The molecule has 6 nitrogen and oxygen atoms in total. The number of ether oxygens (including phenoxy) is 1. The molecule has 0 radical (unpaired) electrons. The zero-order valence-corrected chi connectivity index (χ0v) is 11.4. The zero-order chi connectivity index (χ0) is 14.7. The van der Waals surface area contributed by atoms with Crippen molar-refractivity contribution < 1.29 is 19.2 Å². The van der Waals surface area contributed by atoms with E-state index in [1.54, 1.807) is 11.0 Å². The molecule has 1 unspecified atom stereocenters. The van der Waals surface area contributed by atoms with Gasteiger partial charge in [0.1, 0.15) is 0 Å². The van der Waals surface area contributed by atoms with Gasteiger partial charge in [-0.3, -0.25) is 4.79 Å². The van der Waals surface area contributed by atoms with Crippen LogP contribution < -0.4 is 0 Å². The Labute approximate surface area is 121 Å². The number of benzene rings is 1. The van der Waals surface area contributed by atoms with Crippen LogP contribution >= 0.6 is 0 Å². The SMILES string of the molecule is O=C(c1cc(-c2ccccc2)on1)N1CCOC(CO)C1. The first kappa shape index (κ1) is 13.8. The molecule has 1 aromatic heterocycles. The van der Waals surface area contributed by atoms with E-state index in [9.17, 15) is 4.79 Å². The number of aliphatic hydroxyl groups excluding tert-OH is 1. The summed E-state index contributed by atoms with van der Waals surface area (Å²) in [6, 6.07) is 11.1. The smallest absolute Gasteiger partial charge is 0.276 e. The van der Waals surface area contributed by atoms with Crippen LogP contribution in [-0.2, 0) is 4.74 Å². The number of nitrogens with zero attached hydrogens (tertiary/aromatic N) is 2. The molecule has 2 heterocycles. The Morgan fingerprint density at radius 2 is 2.19 bits per heavy atom. The molecule has 1 saturated heterocycles. The lowest BCUT2D eigenvalue weighted by Gasteiger charge is -2.31. The Morgan fingerprint density at radius 1 is 1.38 bits per heavy atom. The van der Waals surface area contributed by atoms with Gasteiger partial charge in [-0.2, -0.15) is 0 Å². The molecule has 0 saturated carbocycles. The third-order valence-corrected chi connectivity index (χ3v) is 3.42. The van der Waals surface area contributed by atoms with Crippen LogP contribution in [-0.4, -0.2) is 53.5 Å². The molecule has 1 aromatic carbocycles. The van der Waals surface area contributed by atoms with Gasteiger partial charge in [0.25, 0.3) is 5.91 Å². The fourth-order valence-corrected chi connectivity index (χ4v) is 2.29. The number of aliphatic hydroxyl groups is 1.